The summed E-state index contributed by atoms with van der Waals surface area (Å²) in [5, 5.41) is 3.04. The average molecular weight is 362 g/mol. The monoisotopic (exact) mass is 360 g/mol. The Bertz CT molecular complexity index is 785. The fourth-order valence-corrected chi connectivity index (χ4v) is 3.42. The van der Waals surface area contributed by atoms with Gasteiger partial charge in [0.05, 0.1) is 11.9 Å². The highest BCUT2D eigenvalue weighted by molar-refractivity contribution is 9.09. The van der Waals surface area contributed by atoms with E-state index in [1.54, 1.807) is 7.11 Å². The van der Waals surface area contributed by atoms with Crippen LogP contribution in [0.15, 0.2) is 60.7 Å². The lowest BCUT2D eigenvalue weighted by atomic mass is 9.98. The van der Waals surface area contributed by atoms with Crippen LogP contribution in [0.1, 0.15) is 16.0 Å². The number of methoxy groups -OCH3 is 1. The first-order chi connectivity index (χ1) is 10.2. The molecule has 0 spiro atoms. The second kappa shape index (κ2) is 6.08. The maximum Gasteiger partial charge on any atom is 0.126 e. The lowest BCUT2D eigenvalue weighted by molar-refractivity contribution is 0.419. The van der Waals surface area contributed by atoms with Crippen molar-refractivity contribution in [3.05, 3.63) is 76.8 Å². The van der Waals surface area contributed by atoms with Gasteiger partial charge < -0.3 is 4.74 Å². The first kappa shape index (κ1) is 14.4. The molecule has 3 aromatic rings. The molecule has 0 saturated heterocycles. The fourth-order valence-electron chi connectivity index (χ4n) is 2.54. The summed E-state index contributed by atoms with van der Waals surface area (Å²) in [6.45, 7) is 0. The molecule has 0 radical (unpaired) electrons. The zero-order chi connectivity index (χ0) is 14.8. The number of alkyl halides is 1. The standard InChI is InChI=1S/C18H14BrClO/c1-21-17-10-9-16(14-7-2-3-8-15(14)17)18(19)12-5-4-6-13(20)11-12/h2-11,18H,1H3. The van der Waals surface area contributed by atoms with Gasteiger partial charge in [0, 0.05) is 10.4 Å². The maximum atomic E-state index is 6.10. The van der Waals surface area contributed by atoms with Crippen molar-refractivity contribution in [3.63, 3.8) is 0 Å². The zero-order valence-electron chi connectivity index (χ0n) is 11.5. The van der Waals surface area contributed by atoms with Crippen LogP contribution in [0.25, 0.3) is 10.8 Å². The highest BCUT2D eigenvalue weighted by Gasteiger charge is 2.15. The van der Waals surface area contributed by atoms with Gasteiger partial charge in [-0.25, -0.2) is 0 Å². The van der Waals surface area contributed by atoms with Gasteiger partial charge in [-0.3, -0.25) is 0 Å². The molecule has 0 amide bonds. The molecule has 0 aliphatic carbocycles. The van der Waals surface area contributed by atoms with Gasteiger partial charge in [0.2, 0.25) is 0 Å². The Morgan fingerprint density at radius 1 is 0.952 bits per heavy atom. The Labute approximate surface area is 137 Å². The third-order valence-corrected chi connectivity index (χ3v) is 4.81. The quantitative estimate of drug-likeness (QED) is 0.521. The predicted molar refractivity (Wildman–Crippen MR) is 92.7 cm³/mol. The number of benzene rings is 3. The number of halogens is 2. The zero-order valence-corrected chi connectivity index (χ0v) is 13.9. The minimum Gasteiger partial charge on any atom is -0.496 e. The van der Waals surface area contributed by atoms with E-state index in [9.17, 15) is 0 Å². The molecule has 0 bridgehead atoms. The van der Waals surface area contributed by atoms with Crippen molar-refractivity contribution >= 4 is 38.3 Å². The van der Waals surface area contributed by atoms with E-state index in [2.05, 4.69) is 40.2 Å². The van der Waals surface area contributed by atoms with E-state index in [0.717, 1.165) is 21.7 Å². The van der Waals surface area contributed by atoms with Crippen molar-refractivity contribution < 1.29 is 4.74 Å². The number of ether oxygens (including phenoxy) is 1. The van der Waals surface area contributed by atoms with Crippen molar-refractivity contribution in [2.24, 2.45) is 0 Å². The molecule has 1 nitrogen and oxygen atoms in total. The minimum absolute atomic E-state index is 0.0898. The summed E-state index contributed by atoms with van der Waals surface area (Å²) in [5.41, 5.74) is 2.34. The highest BCUT2D eigenvalue weighted by Crippen LogP contribution is 2.38. The lowest BCUT2D eigenvalue weighted by Gasteiger charge is -2.16. The summed E-state index contributed by atoms with van der Waals surface area (Å²) in [6, 6.07) is 20.3. The van der Waals surface area contributed by atoms with E-state index in [4.69, 9.17) is 16.3 Å². The number of hydrogen-bond acceptors (Lipinski definition) is 1. The molecule has 21 heavy (non-hydrogen) atoms. The normalized spacial score (nSPS) is 12.3. The molecule has 1 atom stereocenters. The van der Waals surface area contributed by atoms with Crippen LogP contribution in [0.4, 0.5) is 0 Å². The first-order valence-electron chi connectivity index (χ1n) is 6.66. The second-order valence-corrected chi connectivity index (χ2v) is 6.17. The van der Waals surface area contributed by atoms with Crippen LogP contribution in [0.2, 0.25) is 5.02 Å². The summed E-state index contributed by atoms with van der Waals surface area (Å²) >= 11 is 9.90. The number of hydrogen-bond donors (Lipinski definition) is 0. The summed E-state index contributed by atoms with van der Waals surface area (Å²) < 4.78 is 5.45. The Morgan fingerprint density at radius 2 is 1.71 bits per heavy atom. The molecule has 3 rings (SSSR count). The van der Waals surface area contributed by atoms with Crippen LogP contribution in [0.3, 0.4) is 0 Å². The van der Waals surface area contributed by atoms with E-state index in [0.29, 0.717) is 0 Å². The van der Waals surface area contributed by atoms with E-state index in [1.165, 1.54) is 10.9 Å². The van der Waals surface area contributed by atoms with Crippen LogP contribution in [0.5, 0.6) is 5.75 Å². The van der Waals surface area contributed by atoms with Crippen molar-refractivity contribution in [3.8, 4) is 5.75 Å². The molecular formula is C18H14BrClO. The Kier molecular flexibility index (Phi) is 4.18. The topological polar surface area (TPSA) is 9.23 Å². The molecular weight excluding hydrogens is 348 g/mol. The summed E-state index contributed by atoms with van der Waals surface area (Å²) in [5.74, 6) is 0.889. The predicted octanol–water partition coefficient (Wildman–Crippen LogP) is 5.99. The third kappa shape index (κ3) is 2.78. The highest BCUT2D eigenvalue weighted by atomic mass is 79.9. The molecule has 0 aliphatic rings. The molecule has 0 fully saturated rings. The van der Waals surface area contributed by atoms with E-state index < -0.39 is 0 Å². The molecule has 3 heteroatoms. The maximum absolute atomic E-state index is 6.10. The van der Waals surface area contributed by atoms with Gasteiger partial charge in [0.1, 0.15) is 5.75 Å². The summed E-state index contributed by atoms with van der Waals surface area (Å²) in [6.07, 6.45) is 0. The van der Waals surface area contributed by atoms with Crippen LogP contribution in [-0.2, 0) is 0 Å². The first-order valence-corrected chi connectivity index (χ1v) is 7.95. The Balaban J connectivity index is 2.17. The second-order valence-electron chi connectivity index (χ2n) is 4.82. The van der Waals surface area contributed by atoms with Crippen molar-refractivity contribution in [2.75, 3.05) is 7.11 Å². The van der Waals surface area contributed by atoms with Crippen molar-refractivity contribution in [1.82, 2.24) is 0 Å². The number of rotatable bonds is 3. The van der Waals surface area contributed by atoms with Gasteiger partial charge in [-0.2, -0.15) is 0 Å². The van der Waals surface area contributed by atoms with Gasteiger partial charge in [-0.1, -0.05) is 70.0 Å². The van der Waals surface area contributed by atoms with E-state index >= 15 is 0 Å². The van der Waals surface area contributed by atoms with Gasteiger partial charge >= 0.3 is 0 Å². The van der Waals surface area contributed by atoms with Crippen LogP contribution >= 0.6 is 27.5 Å². The fraction of sp³-hybridized carbons (Fsp3) is 0.111. The van der Waals surface area contributed by atoms with E-state index in [1.807, 2.05) is 36.4 Å². The van der Waals surface area contributed by atoms with Gasteiger partial charge in [0.25, 0.3) is 0 Å². The largest absolute Gasteiger partial charge is 0.496 e. The lowest BCUT2D eigenvalue weighted by Crippen LogP contribution is -1.95. The molecule has 0 N–H and O–H groups in total. The summed E-state index contributed by atoms with van der Waals surface area (Å²) in [4.78, 5) is 0.0898. The molecule has 106 valence electrons. The minimum atomic E-state index is 0.0898. The number of fused-ring (bicyclic) bond motifs is 1. The van der Waals surface area contributed by atoms with Crippen LogP contribution in [-0.4, -0.2) is 7.11 Å². The van der Waals surface area contributed by atoms with Gasteiger partial charge in [0.15, 0.2) is 0 Å². The van der Waals surface area contributed by atoms with Crippen molar-refractivity contribution in [2.45, 2.75) is 4.83 Å². The average Bonchev–Trinajstić information content (AvgIpc) is 2.53. The molecule has 0 heterocycles. The molecule has 0 aromatic heterocycles. The summed E-state index contributed by atoms with van der Waals surface area (Å²) in [7, 11) is 1.70. The van der Waals surface area contributed by atoms with Crippen LogP contribution < -0.4 is 4.74 Å². The molecule has 0 saturated carbocycles. The molecule has 0 aliphatic heterocycles. The third-order valence-electron chi connectivity index (χ3n) is 3.55. The van der Waals surface area contributed by atoms with Gasteiger partial charge in [-0.15, -0.1) is 0 Å². The Morgan fingerprint density at radius 3 is 2.43 bits per heavy atom. The van der Waals surface area contributed by atoms with Crippen LogP contribution in [0, 0.1) is 0 Å². The Hall–Kier alpha value is -1.51. The smallest absolute Gasteiger partial charge is 0.126 e. The molecule has 1 unspecified atom stereocenters. The van der Waals surface area contributed by atoms with Gasteiger partial charge in [-0.05, 0) is 34.7 Å². The SMILES string of the molecule is COc1ccc(C(Br)c2cccc(Cl)c2)c2ccccc12. The molecule has 3 aromatic carbocycles. The van der Waals surface area contributed by atoms with Crippen molar-refractivity contribution in [1.29, 1.82) is 0 Å². The van der Waals surface area contributed by atoms with E-state index in [-0.39, 0.29) is 4.83 Å².